The van der Waals surface area contributed by atoms with Crippen LogP contribution in [0.5, 0.6) is 5.75 Å². The normalized spacial score (nSPS) is 14.1. The van der Waals surface area contributed by atoms with Crippen LogP contribution in [0.25, 0.3) is 5.69 Å². The fourth-order valence-electron chi connectivity index (χ4n) is 3.54. The van der Waals surface area contributed by atoms with Gasteiger partial charge in [0, 0.05) is 25.2 Å². The van der Waals surface area contributed by atoms with Crippen molar-refractivity contribution in [2.75, 3.05) is 26.3 Å². The Labute approximate surface area is 192 Å². The minimum Gasteiger partial charge on any atom is -0.504 e. The van der Waals surface area contributed by atoms with Crippen molar-refractivity contribution in [1.29, 1.82) is 0 Å². The van der Waals surface area contributed by atoms with E-state index in [1.54, 1.807) is 29.2 Å². The zero-order valence-electron chi connectivity index (χ0n) is 17.9. The summed E-state index contributed by atoms with van der Waals surface area (Å²) in [5, 5.41) is 16.5. The van der Waals surface area contributed by atoms with Gasteiger partial charge in [-0.3, -0.25) is 9.59 Å². The van der Waals surface area contributed by atoms with Crippen LogP contribution in [0.4, 0.5) is 13.2 Å². The molecule has 2 aromatic carbocycles. The standard InChI is InChI=1S/C23H21F3N4O4/c24-23(25,26)17-3-1-2-4-18(17)30-14-19(31)20(28-30)21(32)27-13-15-5-7-16(8-6-15)22(33)29-9-11-34-12-10-29/h1-8,14,31H,9-13H2,(H,27,32). The molecule has 4 rings (SSSR count). The molecular weight excluding hydrogens is 453 g/mol. The Morgan fingerprint density at radius 3 is 2.41 bits per heavy atom. The second kappa shape index (κ2) is 9.56. The number of nitrogens with zero attached hydrogens (tertiary/aromatic N) is 3. The van der Waals surface area contributed by atoms with E-state index < -0.39 is 29.1 Å². The molecular formula is C23H21F3N4O4. The van der Waals surface area contributed by atoms with Crippen molar-refractivity contribution in [2.45, 2.75) is 12.7 Å². The maximum atomic E-state index is 13.3. The molecule has 0 aliphatic carbocycles. The van der Waals surface area contributed by atoms with Gasteiger partial charge >= 0.3 is 6.18 Å². The van der Waals surface area contributed by atoms with Crippen molar-refractivity contribution < 1.29 is 32.6 Å². The number of rotatable bonds is 5. The van der Waals surface area contributed by atoms with Crippen molar-refractivity contribution in [3.63, 3.8) is 0 Å². The van der Waals surface area contributed by atoms with Crippen molar-refractivity contribution >= 4 is 11.8 Å². The van der Waals surface area contributed by atoms with Crippen LogP contribution in [-0.2, 0) is 17.5 Å². The molecule has 2 N–H and O–H groups in total. The number of halogens is 3. The van der Waals surface area contributed by atoms with Crippen molar-refractivity contribution in [3.8, 4) is 11.4 Å². The fraction of sp³-hybridized carbons (Fsp3) is 0.261. The van der Waals surface area contributed by atoms with Crippen LogP contribution < -0.4 is 5.32 Å². The summed E-state index contributed by atoms with van der Waals surface area (Å²) in [4.78, 5) is 26.7. The van der Waals surface area contributed by atoms with Crippen molar-refractivity contribution in [2.24, 2.45) is 0 Å². The molecule has 178 valence electrons. The number of morpholine rings is 1. The van der Waals surface area contributed by atoms with Gasteiger partial charge in [0.25, 0.3) is 11.8 Å². The molecule has 8 nitrogen and oxygen atoms in total. The van der Waals surface area contributed by atoms with Crippen LogP contribution in [0.1, 0.15) is 32.0 Å². The predicted molar refractivity (Wildman–Crippen MR) is 115 cm³/mol. The zero-order chi connectivity index (χ0) is 24.3. The third kappa shape index (κ3) is 5.04. The molecule has 0 radical (unpaired) electrons. The van der Waals surface area contributed by atoms with E-state index in [0.717, 1.165) is 16.9 Å². The quantitative estimate of drug-likeness (QED) is 0.593. The lowest BCUT2D eigenvalue weighted by molar-refractivity contribution is -0.137. The molecule has 2 heterocycles. The maximum absolute atomic E-state index is 13.3. The number of hydrogen-bond donors (Lipinski definition) is 2. The molecule has 1 aliphatic heterocycles. The minimum atomic E-state index is -4.63. The second-order valence-corrected chi connectivity index (χ2v) is 7.61. The van der Waals surface area contributed by atoms with E-state index in [9.17, 15) is 27.9 Å². The summed E-state index contributed by atoms with van der Waals surface area (Å²) >= 11 is 0. The summed E-state index contributed by atoms with van der Waals surface area (Å²) in [6, 6.07) is 11.4. The first-order chi connectivity index (χ1) is 16.2. The molecule has 1 fully saturated rings. The summed E-state index contributed by atoms with van der Waals surface area (Å²) in [5.74, 6) is -1.41. The summed E-state index contributed by atoms with van der Waals surface area (Å²) in [6.07, 6.45) is -3.68. The number of amides is 2. The molecule has 0 spiro atoms. The Kier molecular flexibility index (Phi) is 6.55. The van der Waals surface area contributed by atoms with Gasteiger partial charge in [0.1, 0.15) is 0 Å². The molecule has 3 aromatic rings. The number of hydrogen-bond acceptors (Lipinski definition) is 5. The molecule has 1 aromatic heterocycles. The first kappa shape index (κ1) is 23.3. The molecule has 34 heavy (non-hydrogen) atoms. The number of nitrogens with one attached hydrogen (secondary N) is 1. The molecule has 0 unspecified atom stereocenters. The molecule has 0 atom stereocenters. The summed E-state index contributed by atoms with van der Waals surface area (Å²) < 4.78 is 45.9. The lowest BCUT2D eigenvalue weighted by Crippen LogP contribution is -2.40. The highest BCUT2D eigenvalue weighted by atomic mass is 19.4. The summed E-state index contributed by atoms with van der Waals surface area (Å²) in [6.45, 7) is 2.12. The van der Waals surface area contributed by atoms with Crippen LogP contribution in [0, 0.1) is 0 Å². The van der Waals surface area contributed by atoms with E-state index in [4.69, 9.17) is 4.74 Å². The van der Waals surface area contributed by atoms with Gasteiger partial charge in [0.2, 0.25) is 0 Å². The smallest absolute Gasteiger partial charge is 0.418 e. The maximum Gasteiger partial charge on any atom is 0.418 e. The topological polar surface area (TPSA) is 96.7 Å². The zero-order valence-corrected chi connectivity index (χ0v) is 17.9. The molecule has 11 heteroatoms. The number of aromatic nitrogens is 2. The largest absolute Gasteiger partial charge is 0.504 e. The number of carbonyl (C=O) groups is 2. The molecule has 0 bridgehead atoms. The van der Waals surface area contributed by atoms with Crippen LogP contribution >= 0.6 is 0 Å². The molecule has 1 aliphatic rings. The van der Waals surface area contributed by atoms with E-state index >= 15 is 0 Å². The first-order valence-electron chi connectivity index (χ1n) is 10.4. The number of ether oxygens (including phenoxy) is 1. The van der Waals surface area contributed by atoms with Gasteiger partial charge in [-0.25, -0.2) is 4.68 Å². The Morgan fingerprint density at radius 1 is 1.06 bits per heavy atom. The number of carbonyl (C=O) groups excluding carboxylic acids is 2. The van der Waals surface area contributed by atoms with Crippen LogP contribution in [0.2, 0.25) is 0 Å². The van der Waals surface area contributed by atoms with Crippen LogP contribution in [-0.4, -0.2) is 57.9 Å². The first-order valence-corrected chi connectivity index (χ1v) is 10.4. The Bertz CT molecular complexity index is 1190. The van der Waals surface area contributed by atoms with Gasteiger partial charge < -0.3 is 20.1 Å². The Balaban J connectivity index is 1.42. The average molecular weight is 474 g/mol. The van der Waals surface area contributed by atoms with E-state index in [1.165, 1.54) is 18.2 Å². The van der Waals surface area contributed by atoms with Crippen molar-refractivity contribution in [3.05, 3.63) is 77.1 Å². The van der Waals surface area contributed by atoms with Gasteiger partial charge in [-0.15, -0.1) is 0 Å². The van der Waals surface area contributed by atoms with Gasteiger partial charge in [0.05, 0.1) is 30.7 Å². The summed E-state index contributed by atoms with van der Waals surface area (Å²) in [7, 11) is 0. The number of alkyl halides is 3. The third-order valence-corrected chi connectivity index (χ3v) is 5.32. The number of benzene rings is 2. The van der Waals surface area contributed by atoms with Gasteiger partial charge in [-0.05, 0) is 29.8 Å². The highest BCUT2D eigenvalue weighted by Crippen LogP contribution is 2.34. The van der Waals surface area contributed by atoms with Gasteiger partial charge in [-0.2, -0.15) is 18.3 Å². The summed E-state index contributed by atoms with van der Waals surface area (Å²) in [5.41, 5.74) is -0.470. The van der Waals surface area contributed by atoms with Gasteiger partial charge in [-0.1, -0.05) is 24.3 Å². The fourth-order valence-corrected chi connectivity index (χ4v) is 3.54. The van der Waals surface area contributed by atoms with E-state index in [-0.39, 0.29) is 18.1 Å². The minimum absolute atomic E-state index is 0.0658. The van der Waals surface area contributed by atoms with E-state index in [2.05, 4.69) is 10.4 Å². The lowest BCUT2D eigenvalue weighted by Gasteiger charge is -2.26. The predicted octanol–water partition coefficient (Wildman–Crippen LogP) is 3.00. The van der Waals surface area contributed by atoms with Crippen LogP contribution in [0.3, 0.4) is 0 Å². The van der Waals surface area contributed by atoms with Gasteiger partial charge in [0.15, 0.2) is 11.4 Å². The van der Waals surface area contributed by atoms with Crippen molar-refractivity contribution in [1.82, 2.24) is 20.0 Å². The molecule has 2 amide bonds. The average Bonchev–Trinajstić information content (AvgIpc) is 3.24. The lowest BCUT2D eigenvalue weighted by atomic mass is 10.1. The van der Waals surface area contributed by atoms with Crippen LogP contribution in [0.15, 0.2) is 54.7 Å². The Hall–Kier alpha value is -3.86. The third-order valence-electron chi connectivity index (χ3n) is 5.32. The highest BCUT2D eigenvalue weighted by molar-refractivity contribution is 5.95. The second-order valence-electron chi connectivity index (χ2n) is 7.61. The van der Waals surface area contributed by atoms with E-state index in [0.29, 0.717) is 37.4 Å². The monoisotopic (exact) mass is 474 g/mol. The highest BCUT2D eigenvalue weighted by Gasteiger charge is 2.34. The number of aromatic hydroxyl groups is 1. The van der Waals surface area contributed by atoms with E-state index in [1.807, 2.05) is 0 Å². The molecule has 0 saturated carbocycles. The molecule has 1 saturated heterocycles. The SMILES string of the molecule is O=C(NCc1ccc(C(=O)N2CCOCC2)cc1)c1nn(-c2ccccc2C(F)(F)F)cc1O. The number of para-hydroxylation sites is 1. The Morgan fingerprint density at radius 2 is 1.74 bits per heavy atom.